The zero-order valence-corrected chi connectivity index (χ0v) is 20.4. The van der Waals surface area contributed by atoms with Gasteiger partial charge >= 0.3 is 0 Å². The van der Waals surface area contributed by atoms with Crippen molar-refractivity contribution in [3.05, 3.63) is 101 Å². The third kappa shape index (κ3) is 7.63. The monoisotopic (exact) mass is 478 g/mol. The summed E-state index contributed by atoms with van der Waals surface area (Å²) in [5.74, 6) is 0.138. The second-order valence-electron chi connectivity index (χ2n) is 8.28. The summed E-state index contributed by atoms with van der Waals surface area (Å²) >= 11 is 6.20. The first-order chi connectivity index (χ1) is 16.5. The number of rotatable bonds is 11. The topological polar surface area (TPSA) is 58.6 Å². The van der Waals surface area contributed by atoms with E-state index >= 15 is 0 Å². The van der Waals surface area contributed by atoms with Crippen molar-refractivity contribution in [1.29, 1.82) is 0 Å². The van der Waals surface area contributed by atoms with Crippen LogP contribution in [0.2, 0.25) is 5.02 Å². The molecular weight excluding hydrogens is 448 g/mol. The molecule has 3 aromatic carbocycles. The molecule has 0 saturated heterocycles. The van der Waals surface area contributed by atoms with E-state index in [0.717, 1.165) is 17.5 Å². The molecule has 0 aliphatic rings. The summed E-state index contributed by atoms with van der Waals surface area (Å²) in [6.45, 7) is 4.04. The molecule has 0 spiro atoms. The van der Waals surface area contributed by atoms with Crippen molar-refractivity contribution in [2.45, 2.75) is 45.3 Å². The van der Waals surface area contributed by atoms with Crippen LogP contribution in [0.15, 0.2) is 84.9 Å². The Kier molecular flexibility index (Phi) is 9.53. The quantitative estimate of drug-likeness (QED) is 0.408. The Morgan fingerprint density at radius 1 is 0.941 bits per heavy atom. The van der Waals surface area contributed by atoms with Crippen molar-refractivity contribution in [3.8, 4) is 5.75 Å². The van der Waals surface area contributed by atoms with Crippen molar-refractivity contribution >= 4 is 23.4 Å². The van der Waals surface area contributed by atoms with Gasteiger partial charge in [0, 0.05) is 24.0 Å². The Bertz CT molecular complexity index is 1060. The summed E-state index contributed by atoms with van der Waals surface area (Å²) in [6.07, 6.45) is 1.18. The van der Waals surface area contributed by atoms with Gasteiger partial charge in [-0.25, -0.2) is 0 Å². The lowest BCUT2D eigenvalue weighted by molar-refractivity contribution is -0.143. The van der Waals surface area contributed by atoms with E-state index in [1.54, 1.807) is 23.1 Å². The van der Waals surface area contributed by atoms with Gasteiger partial charge in [-0.05, 0) is 48.7 Å². The molecule has 2 atom stereocenters. The Morgan fingerprint density at radius 3 is 2.24 bits per heavy atom. The fourth-order valence-corrected chi connectivity index (χ4v) is 3.78. The SMILES string of the molecule is CC[C@@H](C)NC(=O)[C@H](Cc1ccccc1)N(Cc1cccc(Cl)c1)C(=O)COc1ccccc1. The average molecular weight is 479 g/mol. The highest BCUT2D eigenvalue weighted by atomic mass is 35.5. The van der Waals surface area contributed by atoms with E-state index in [1.807, 2.05) is 80.6 Å². The van der Waals surface area contributed by atoms with Crippen LogP contribution in [0.5, 0.6) is 5.75 Å². The molecular formula is C28H31ClN2O3. The highest BCUT2D eigenvalue weighted by molar-refractivity contribution is 6.30. The minimum absolute atomic E-state index is 0.00513. The molecule has 34 heavy (non-hydrogen) atoms. The molecule has 0 radical (unpaired) electrons. The Labute approximate surface area is 206 Å². The van der Waals surface area contributed by atoms with Crippen molar-refractivity contribution in [1.82, 2.24) is 10.2 Å². The van der Waals surface area contributed by atoms with Gasteiger partial charge < -0.3 is 15.0 Å². The van der Waals surface area contributed by atoms with Gasteiger partial charge in [0.25, 0.3) is 5.91 Å². The van der Waals surface area contributed by atoms with Gasteiger partial charge in [0.05, 0.1) is 0 Å². The molecule has 2 amide bonds. The number of nitrogens with zero attached hydrogens (tertiary/aromatic N) is 1. The molecule has 1 N–H and O–H groups in total. The number of hydrogen-bond acceptors (Lipinski definition) is 3. The number of nitrogens with one attached hydrogen (secondary N) is 1. The third-order valence-corrected chi connectivity index (χ3v) is 5.85. The van der Waals surface area contributed by atoms with Crippen LogP contribution in [0.1, 0.15) is 31.4 Å². The fourth-order valence-electron chi connectivity index (χ4n) is 3.57. The van der Waals surface area contributed by atoms with Crippen molar-refractivity contribution in [3.63, 3.8) is 0 Å². The summed E-state index contributed by atoms with van der Waals surface area (Å²) in [6, 6.07) is 25.5. The van der Waals surface area contributed by atoms with Gasteiger partial charge in [-0.2, -0.15) is 0 Å². The van der Waals surface area contributed by atoms with E-state index < -0.39 is 6.04 Å². The first-order valence-electron chi connectivity index (χ1n) is 11.5. The van der Waals surface area contributed by atoms with E-state index in [2.05, 4.69) is 5.32 Å². The van der Waals surface area contributed by atoms with Crippen LogP contribution in [0, 0.1) is 0 Å². The van der Waals surface area contributed by atoms with E-state index in [0.29, 0.717) is 17.2 Å². The second-order valence-corrected chi connectivity index (χ2v) is 8.71. The molecule has 6 heteroatoms. The number of amides is 2. The van der Waals surface area contributed by atoms with Crippen LogP contribution in [0.3, 0.4) is 0 Å². The molecule has 0 bridgehead atoms. The van der Waals surface area contributed by atoms with Crippen LogP contribution >= 0.6 is 11.6 Å². The molecule has 5 nitrogen and oxygen atoms in total. The normalized spacial score (nSPS) is 12.4. The number of carbonyl (C=O) groups excluding carboxylic acids is 2. The summed E-state index contributed by atoms with van der Waals surface area (Å²) in [7, 11) is 0. The largest absolute Gasteiger partial charge is 0.484 e. The van der Waals surface area contributed by atoms with E-state index in [-0.39, 0.29) is 31.0 Å². The van der Waals surface area contributed by atoms with Gasteiger partial charge in [0.2, 0.25) is 5.91 Å². The maximum atomic E-state index is 13.5. The van der Waals surface area contributed by atoms with Gasteiger partial charge in [-0.1, -0.05) is 79.2 Å². The molecule has 0 heterocycles. The van der Waals surface area contributed by atoms with Gasteiger partial charge in [0.15, 0.2) is 6.61 Å². The first-order valence-corrected chi connectivity index (χ1v) is 11.9. The van der Waals surface area contributed by atoms with E-state index in [1.165, 1.54) is 0 Å². The number of benzene rings is 3. The van der Waals surface area contributed by atoms with Crippen LogP contribution < -0.4 is 10.1 Å². The minimum atomic E-state index is -0.706. The lowest BCUT2D eigenvalue weighted by Gasteiger charge is -2.32. The standard InChI is InChI=1S/C28H31ClN2O3/c1-3-21(2)30-28(33)26(18-22-11-6-4-7-12-22)31(19-23-13-10-14-24(29)17-23)27(32)20-34-25-15-8-5-9-16-25/h4-17,21,26H,3,18-20H2,1-2H3,(H,30,33)/t21-,26+/m1/s1. The lowest BCUT2D eigenvalue weighted by Crippen LogP contribution is -2.53. The Hall–Kier alpha value is -3.31. The summed E-state index contributed by atoms with van der Waals surface area (Å²) < 4.78 is 5.74. The van der Waals surface area contributed by atoms with Crippen LogP contribution in [0.4, 0.5) is 0 Å². The molecule has 0 aliphatic carbocycles. The van der Waals surface area contributed by atoms with Crippen LogP contribution in [-0.4, -0.2) is 35.4 Å². The predicted molar refractivity (Wildman–Crippen MR) is 136 cm³/mol. The van der Waals surface area contributed by atoms with Crippen LogP contribution in [-0.2, 0) is 22.6 Å². The zero-order chi connectivity index (χ0) is 24.3. The molecule has 3 aromatic rings. The summed E-state index contributed by atoms with van der Waals surface area (Å²) in [5, 5.41) is 3.63. The molecule has 0 saturated carbocycles. The number of halogens is 1. The molecule has 0 aliphatic heterocycles. The highest BCUT2D eigenvalue weighted by Gasteiger charge is 2.31. The van der Waals surface area contributed by atoms with Crippen LogP contribution in [0.25, 0.3) is 0 Å². The lowest BCUT2D eigenvalue weighted by atomic mass is 10.0. The number of ether oxygens (including phenoxy) is 1. The number of carbonyl (C=O) groups is 2. The minimum Gasteiger partial charge on any atom is -0.484 e. The van der Waals surface area contributed by atoms with Crippen molar-refractivity contribution in [2.24, 2.45) is 0 Å². The van der Waals surface area contributed by atoms with Gasteiger partial charge in [-0.15, -0.1) is 0 Å². The summed E-state index contributed by atoms with van der Waals surface area (Å²) in [4.78, 5) is 28.5. The number of hydrogen-bond donors (Lipinski definition) is 1. The zero-order valence-electron chi connectivity index (χ0n) is 19.6. The highest BCUT2D eigenvalue weighted by Crippen LogP contribution is 2.18. The van der Waals surface area contributed by atoms with E-state index in [9.17, 15) is 9.59 Å². The molecule has 0 fully saturated rings. The fraction of sp³-hybridized carbons (Fsp3) is 0.286. The Balaban J connectivity index is 1.91. The van der Waals surface area contributed by atoms with Crippen molar-refractivity contribution < 1.29 is 14.3 Å². The van der Waals surface area contributed by atoms with Crippen molar-refractivity contribution in [2.75, 3.05) is 6.61 Å². The Morgan fingerprint density at radius 2 is 1.59 bits per heavy atom. The maximum absolute atomic E-state index is 13.5. The first kappa shape index (κ1) is 25.3. The average Bonchev–Trinajstić information content (AvgIpc) is 2.85. The molecule has 0 aromatic heterocycles. The predicted octanol–water partition coefficient (Wildman–Crippen LogP) is 5.27. The molecule has 3 rings (SSSR count). The van der Waals surface area contributed by atoms with E-state index in [4.69, 9.17) is 16.3 Å². The van der Waals surface area contributed by atoms with Gasteiger partial charge in [-0.3, -0.25) is 9.59 Å². The molecule has 178 valence electrons. The number of para-hydroxylation sites is 1. The third-order valence-electron chi connectivity index (χ3n) is 5.62. The second kappa shape index (κ2) is 12.8. The van der Waals surface area contributed by atoms with Gasteiger partial charge in [0.1, 0.15) is 11.8 Å². The maximum Gasteiger partial charge on any atom is 0.261 e. The summed E-state index contributed by atoms with van der Waals surface area (Å²) in [5.41, 5.74) is 1.81. The molecule has 0 unspecified atom stereocenters. The smallest absolute Gasteiger partial charge is 0.261 e.